The van der Waals surface area contributed by atoms with Gasteiger partial charge in [-0.1, -0.05) is 41.4 Å². The second kappa shape index (κ2) is 8.70. The van der Waals surface area contributed by atoms with Gasteiger partial charge < -0.3 is 4.74 Å². The third kappa shape index (κ3) is 4.38. The number of carbonyl (C=O) groups excluding carboxylic acids is 1. The number of amides is 1. The van der Waals surface area contributed by atoms with Gasteiger partial charge in [-0.15, -0.1) is 6.42 Å². The molecule has 0 unspecified atom stereocenters. The van der Waals surface area contributed by atoms with Gasteiger partial charge in [0, 0.05) is 29.3 Å². The summed E-state index contributed by atoms with van der Waals surface area (Å²) in [5, 5.41) is 3.23. The minimum Gasteiger partial charge on any atom is -0.481 e. The maximum Gasteiger partial charge on any atom is 0.258 e. The van der Waals surface area contributed by atoms with E-state index in [1.165, 1.54) is 18.4 Å². The van der Waals surface area contributed by atoms with Crippen molar-refractivity contribution in [2.45, 2.75) is 12.8 Å². The van der Waals surface area contributed by atoms with Crippen molar-refractivity contribution in [2.75, 3.05) is 12.4 Å². The lowest BCUT2D eigenvalue weighted by Gasteiger charge is -2.12. The van der Waals surface area contributed by atoms with E-state index in [-0.39, 0.29) is 5.91 Å². The van der Waals surface area contributed by atoms with Crippen molar-refractivity contribution in [3.63, 3.8) is 0 Å². The van der Waals surface area contributed by atoms with Crippen molar-refractivity contribution in [1.29, 1.82) is 0 Å². The normalized spacial score (nSPS) is 12.5. The number of fused-ring (bicyclic) bond motifs is 1. The SMILES string of the molecule is C#Cc1ccccc1-c1cnc(OC)cc1C(=O)Nc1nc2ncc(C#CC3CC3)nc2s1. The number of aromatic nitrogens is 4. The van der Waals surface area contributed by atoms with Crippen LogP contribution in [0.4, 0.5) is 5.13 Å². The van der Waals surface area contributed by atoms with Gasteiger partial charge in [0.25, 0.3) is 5.91 Å². The molecular formula is C25H17N5O2S. The highest BCUT2D eigenvalue weighted by Gasteiger charge is 2.20. The first-order chi connectivity index (χ1) is 16.1. The number of thiazole rings is 1. The van der Waals surface area contributed by atoms with Crippen LogP contribution in [-0.4, -0.2) is 33.0 Å². The molecule has 0 saturated heterocycles. The summed E-state index contributed by atoms with van der Waals surface area (Å²) in [5.41, 5.74) is 3.40. The summed E-state index contributed by atoms with van der Waals surface area (Å²) in [6.07, 6.45) is 11.1. The molecule has 1 aliphatic carbocycles. The van der Waals surface area contributed by atoms with Gasteiger partial charge in [-0.3, -0.25) is 10.1 Å². The first kappa shape index (κ1) is 20.6. The molecule has 8 heteroatoms. The molecule has 33 heavy (non-hydrogen) atoms. The van der Waals surface area contributed by atoms with Gasteiger partial charge in [-0.25, -0.2) is 15.0 Å². The number of carbonyl (C=O) groups is 1. The zero-order valence-corrected chi connectivity index (χ0v) is 18.4. The third-order valence-corrected chi connectivity index (χ3v) is 5.88. The van der Waals surface area contributed by atoms with Gasteiger partial charge in [0.2, 0.25) is 5.88 Å². The van der Waals surface area contributed by atoms with Crippen LogP contribution in [0.15, 0.2) is 42.7 Å². The van der Waals surface area contributed by atoms with E-state index in [4.69, 9.17) is 11.2 Å². The average molecular weight is 452 g/mol. The van der Waals surface area contributed by atoms with E-state index in [1.807, 2.05) is 24.3 Å². The average Bonchev–Trinajstić information content (AvgIpc) is 3.60. The predicted molar refractivity (Wildman–Crippen MR) is 127 cm³/mol. The molecule has 7 nitrogen and oxygen atoms in total. The topological polar surface area (TPSA) is 89.9 Å². The van der Waals surface area contributed by atoms with Crippen LogP contribution in [-0.2, 0) is 0 Å². The Morgan fingerprint density at radius 1 is 1.18 bits per heavy atom. The summed E-state index contributed by atoms with van der Waals surface area (Å²) in [5.74, 6) is 9.30. The largest absolute Gasteiger partial charge is 0.481 e. The fraction of sp³-hybridized carbons (Fsp3) is 0.160. The van der Waals surface area contributed by atoms with Crippen molar-refractivity contribution in [3.8, 4) is 41.2 Å². The zero-order chi connectivity index (χ0) is 22.8. The summed E-state index contributed by atoms with van der Waals surface area (Å²) >= 11 is 1.24. The van der Waals surface area contributed by atoms with Gasteiger partial charge in [-0.2, -0.15) is 4.98 Å². The Kier molecular flexibility index (Phi) is 5.43. The quantitative estimate of drug-likeness (QED) is 0.469. The Bertz CT molecular complexity index is 1490. The summed E-state index contributed by atoms with van der Waals surface area (Å²) in [6.45, 7) is 0. The molecule has 3 aromatic heterocycles. The number of hydrogen-bond donors (Lipinski definition) is 1. The highest BCUT2D eigenvalue weighted by atomic mass is 32.1. The van der Waals surface area contributed by atoms with Crippen LogP contribution in [0.2, 0.25) is 0 Å². The number of terminal acetylenes is 1. The van der Waals surface area contributed by atoms with Crippen LogP contribution in [0, 0.1) is 30.1 Å². The van der Waals surface area contributed by atoms with E-state index >= 15 is 0 Å². The van der Waals surface area contributed by atoms with Crippen molar-refractivity contribution >= 4 is 32.9 Å². The van der Waals surface area contributed by atoms with Gasteiger partial charge in [0.1, 0.15) is 5.69 Å². The summed E-state index contributed by atoms with van der Waals surface area (Å²) in [6, 6.07) is 8.95. The van der Waals surface area contributed by atoms with Crippen LogP contribution in [0.25, 0.3) is 21.6 Å². The monoisotopic (exact) mass is 451 g/mol. The summed E-state index contributed by atoms with van der Waals surface area (Å²) in [7, 11) is 1.49. The molecular weight excluding hydrogens is 434 g/mol. The number of nitrogens with one attached hydrogen (secondary N) is 1. The Morgan fingerprint density at radius 2 is 2.03 bits per heavy atom. The second-order valence-corrected chi connectivity index (χ2v) is 8.34. The first-order valence-electron chi connectivity index (χ1n) is 10.2. The molecule has 4 aromatic rings. The molecule has 1 aliphatic rings. The van der Waals surface area contributed by atoms with Crippen molar-refractivity contribution in [2.24, 2.45) is 5.92 Å². The van der Waals surface area contributed by atoms with Gasteiger partial charge in [0.15, 0.2) is 15.6 Å². The van der Waals surface area contributed by atoms with Gasteiger partial charge >= 0.3 is 0 Å². The fourth-order valence-corrected chi connectivity index (χ4v) is 3.99. The maximum absolute atomic E-state index is 13.3. The van der Waals surface area contributed by atoms with Crippen LogP contribution in [0.3, 0.4) is 0 Å². The lowest BCUT2D eigenvalue weighted by Crippen LogP contribution is -2.14. The van der Waals surface area contributed by atoms with Crippen LogP contribution < -0.4 is 10.1 Å². The third-order valence-electron chi connectivity index (χ3n) is 5.03. The minimum absolute atomic E-state index is 0.314. The predicted octanol–water partition coefficient (Wildman–Crippen LogP) is 4.15. The Balaban J connectivity index is 1.47. The van der Waals surface area contributed by atoms with E-state index in [0.29, 0.717) is 49.8 Å². The minimum atomic E-state index is -0.370. The first-order valence-corrected chi connectivity index (χ1v) is 11.0. The maximum atomic E-state index is 13.3. The lowest BCUT2D eigenvalue weighted by atomic mass is 9.97. The number of methoxy groups -OCH3 is 1. The van der Waals surface area contributed by atoms with E-state index in [1.54, 1.807) is 18.5 Å². The molecule has 3 heterocycles. The molecule has 160 valence electrons. The number of rotatable bonds is 4. The van der Waals surface area contributed by atoms with E-state index in [2.05, 4.69) is 43.0 Å². The highest BCUT2D eigenvalue weighted by Crippen LogP contribution is 2.30. The van der Waals surface area contributed by atoms with Crippen molar-refractivity contribution in [3.05, 3.63) is 59.5 Å². The summed E-state index contributed by atoms with van der Waals surface area (Å²) < 4.78 is 5.23. The number of anilines is 1. The van der Waals surface area contributed by atoms with Crippen LogP contribution >= 0.6 is 11.3 Å². The number of nitrogens with zero attached hydrogens (tertiary/aromatic N) is 4. The lowest BCUT2D eigenvalue weighted by molar-refractivity contribution is 0.102. The van der Waals surface area contributed by atoms with Crippen molar-refractivity contribution < 1.29 is 9.53 Å². The molecule has 1 aromatic carbocycles. The van der Waals surface area contributed by atoms with E-state index in [0.717, 1.165) is 18.4 Å². The molecule has 1 amide bonds. The second-order valence-electron chi connectivity index (χ2n) is 7.36. The number of benzene rings is 1. The molecule has 1 N–H and O–H groups in total. The molecule has 1 fully saturated rings. The Hall–Kier alpha value is -4.27. The van der Waals surface area contributed by atoms with E-state index in [9.17, 15) is 4.79 Å². The molecule has 0 bridgehead atoms. The summed E-state index contributed by atoms with van der Waals surface area (Å²) in [4.78, 5) is 31.4. The van der Waals surface area contributed by atoms with Crippen molar-refractivity contribution in [1.82, 2.24) is 19.9 Å². The molecule has 0 aliphatic heterocycles. The molecule has 5 rings (SSSR count). The van der Waals surface area contributed by atoms with E-state index < -0.39 is 0 Å². The number of hydrogen-bond acceptors (Lipinski definition) is 7. The highest BCUT2D eigenvalue weighted by molar-refractivity contribution is 7.21. The molecule has 0 spiro atoms. The van der Waals surface area contributed by atoms with Crippen LogP contribution in [0.1, 0.15) is 34.5 Å². The van der Waals surface area contributed by atoms with Gasteiger partial charge in [-0.05, 0) is 30.4 Å². The molecule has 0 radical (unpaired) electrons. The smallest absolute Gasteiger partial charge is 0.258 e. The zero-order valence-electron chi connectivity index (χ0n) is 17.6. The number of pyridine rings is 1. The Labute approximate surface area is 194 Å². The van der Waals surface area contributed by atoms with Gasteiger partial charge in [0.05, 0.1) is 18.9 Å². The van der Waals surface area contributed by atoms with Crippen LogP contribution in [0.5, 0.6) is 5.88 Å². The number of ether oxygens (including phenoxy) is 1. The fourth-order valence-electron chi connectivity index (χ4n) is 3.20. The molecule has 0 atom stereocenters. The molecule has 1 saturated carbocycles. The Morgan fingerprint density at radius 3 is 2.82 bits per heavy atom. The standard InChI is InChI=1S/C25H17N5O2S/c1-3-16-6-4-5-7-18(16)20-14-26-21(32-2)12-19(20)23(31)30-25-29-22-24(33-25)28-17(13-27-22)11-10-15-8-9-15/h1,4-7,12-15H,8-9H2,2H3,(H,27,29,30,31).